The van der Waals surface area contributed by atoms with Crippen molar-refractivity contribution in [1.82, 2.24) is 9.80 Å². The van der Waals surface area contributed by atoms with Crippen molar-refractivity contribution in [2.45, 2.75) is 49.1 Å². The van der Waals surface area contributed by atoms with Gasteiger partial charge < -0.3 is 4.90 Å². The van der Waals surface area contributed by atoms with Gasteiger partial charge >= 0.3 is 0 Å². The standard InChI is InChI=1S/C30H34Cl2N2/c1-33(2)30-17-19-34(18-16-22-6-4-3-5-7-22)29(27(20-30)23-8-12-25(31)13-9-23)28(21-30)24-10-14-26(32)15-11-24/h3-15,27-29H,16-21H2,1-2H3/t27-,28-,29?,30?/m0/s1. The van der Waals surface area contributed by atoms with Crippen molar-refractivity contribution >= 4 is 23.2 Å². The third-order valence-electron chi connectivity index (χ3n) is 8.39. The van der Waals surface area contributed by atoms with Crippen LogP contribution < -0.4 is 0 Å². The van der Waals surface area contributed by atoms with Gasteiger partial charge in [-0.25, -0.2) is 0 Å². The molecule has 2 heterocycles. The third-order valence-corrected chi connectivity index (χ3v) is 8.89. The van der Waals surface area contributed by atoms with Crippen molar-refractivity contribution in [3.63, 3.8) is 0 Å². The Morgan fingerprint density at radius 3 is 1.82 bits per heavy atom. The van der Waals surface area contributed by atoms with Gasteiger partial charge in [-0.15, -0.1) is 0 Å². The summed E-state index contributed by atoms with van der Waals surface area (Å²) in [7, 11) is 4.55. The number of fused-ring (bicyclic) bond motifs is 4. The Kier molecular flexibility index (Phi) is 7.04. The van der Waals surface area contributed by atoms with Crippen LogP contribution >= 0.6 is 23.2 Å². The molecule has 4 heteroatoms. The van der Waals surface area contributed by atoms with Crippen LogP contribution in [0.3, 0.4) is 0 Å². The van der Waals surface area contributed by atoms with Crippen molar-refractivity contribution in [2.75, 3.05) is 27.2 Å². The molecule has 0 unspecified atom stereocenters. The molecule has 1 aliphatic carbocycles. The first-order valence-electron chi connectivity index (χ1n) is 12.4. The first-order valence-corrected chi connectivity index (χ1v) is 13.2. The Bertz CT molecular complexity index is 1020. The van der Waals surface area contributed by atoms with E-state index in [9.17, 15) is 0 Å². The molecule has 0 spiro atoms. The Hall–Kier alpha value is -1.84. The van der Waals surface area contributed by atoms with Gasteiger partial charge in [-0.1, -0.05) is 77.8 Å². The molecule has 3 aliphatic rings. The average molecular weight is 494 g/mol. The van der Waals surface area contributed by atoms with Crippen LogP contribution in [0.1, 0.15) is 47.8 Å². The number of hydrogen-bond acceptors (Lipinski definition) is 2. The maximum Gasteiger partial charge on any atom is 0.0406 e. The molecule has 178 valence electrons. The number of nitrogens with zero attached hydrogens (tertiary/aromatic N) is 2. The molecule has 3 fully saturated rings. The van der Waals surface area contributed by atoms with Gasteiger partial charge in [-0.05, 0) is 80.7 Å². The van der Waals surface area contributed by atoms with Crippen LogP contribution in [-0.4, -0.2) is 48.6 Å². The largest absolute Gasteiger partial charge is 0.304 e. The molecule has 2 aliphatic heterocycles. The van der Waals surface area contributed by atoms with Crippen LogP contribution in [0.5, 0.6) is 0 Å². The maximum atomic E-state index is 6.29. The Morgan fingerprint density at radius 1 is 0.794 bits per heavy atom. The van der Waals surface area contributed by atoms with Crippen molar-refractivity contribution in [3.05, 3.63) is 106 Å². The number of rotatable bonds is 6. The highest BCUT2D eigenvalue weighted by molar-refractivity contribution is 6.30. The second-order valence-corrected chi connectivity index (χ2v) is 11.2. The summed E-state index contributed by atoms with van der Waals surface area (Å²) in [5, 5.41) is 1.61. The molecule has 0 aromatic heterocycles. The van der Waals surface area contributed by atoms with Gasteiger partial charge in [0.2, 0.25) is 0 Å². The van der Waals surface area contributed by atoms with Gasteiger partial charge in [0.05, 0.1) is 0 Å². The maximum absolute atomic E-state index is 6.29. The van der Waals surface area contributed by atoms with Crippen molar-refractivity contribution in [3.8, 4) is 0 Å². The van der Waals surface area contributed by atoms with Gasteiger partial charge in [0.1, 0.15) is 0 Å². The van der Waals surface area contributed by atoms with Crippen LogP contribution in [0.4, 0.5) is 0 Å². The number of benzene rings is 3. The minimum absolute atomic E-state index is 0.173. The summed E-state index contributed by atoms with van der Waals surface area (Å²) in [5.74, 6) is 0.903. The Balaban J connectivity index is 1.57. The van der Waals surface area contributed by atoms with E-state index in [2.05, 4.69) is 103 Å². The van der Waals surface area contributed by atoms with Crippen LogP contribution in [-0.2, 0) is 6.42 Å². The molecule has 2 saturated heterocycles. The van der Waals surface area contributed by atoms with Crippen molar-refractivity contribution in [1.29, 1.82) is 0 Å². The molecule has 3 aromatic carbocycles. The predicted molar refractivity (Wildman–Crippen MR) is 144 cm³/mol. The lowest BCUT2D eigenvalue weighted by atomic mass is 9.63. The molecule has 34 heavy (non-hydrogen) atoms. The van der Waals surface area contributed by atoms with Gasteiger partial charge in [0, 0.05) is 46.6 Å². The first-order chi connectivity index (χ1) is 16.4. The molecule has 3 aromatic rings. The zero-order chi connectivity index (χ0) is 23.7. The van der Waals surface area contributed by atoms with E-state index in [4.69, 9.17) is 23.2 Å². The zero-order valence-corrected chi connectivity index (χ0v) is 21.6. The predicted octanol–water partition coefficient (Wildman–Crippen LogP) is 7.27. The van der Waals surface area contributed by atoms with Crippen molar-refractivity contribution in [2.24, 2.45) is 0 Å². The first kappa shape index (κ1) is 23.9. The molecule has 6 rings (SSSR count). The molecule has 2 nitrogen and oxygen atoms in total. The molecule has 0 N–H and O–H groups in total. The lowest BCUT2D eigenvalue weighted by Gasteiger charge is -2.51. The molecule has 0 radical (unpaired) electrons. The highest BCUT2D eigenvalue weighted by atomic mass is 35.5. The third kappa shape index (κ3) is 4.79. The summed E-state index contributed by atoms with van der Waals surface area (Å²) < 4.78 is 0. The Morgan fingerprint density at radius 2 is 1.32 bits per heavy atom. The highest BCUT2D eigenvalue weighted by Gasteiger charge is 2.52. The van der Waals surface area contributed by atoms with E-state index >= 15 is 0 Å². The summed E-state index contributed by atoms with van der Waals surface area (Å²) in [4.78, 5) is 5.31. The van der Waals surface area contributed by atoms with E-state index in [0.29, 0.717) is 17.9 Å². The molecule has 2 bridgehead atoms. The minimum Gasteiger partial charge on any atom is -0.304 e. The van der Waals surface area contributed by atoms with Gasteiger partial charge in [-0.2, -0.15) is 0 Å². The van der Waals surface area contributed by atoms with E-state index in [1.807, 2.05) is 0 Å². The Labute approximate surface area is 214 Å². The fraction of sp³-hybridized carbons (Fsp3) is 0.400. The summed E-state index contributed by atoms with van der Waals surface area (Å²) in [6.45, 7) is 2.20. The summed E-state index contributed by atoms with van der Waals surface area (Å²) in [6, 6.07) is 28.6. The van der Waals surface area contributed by atoms with Crippen LogP contribution in [0, 0.1) is 0 Å². The topological polar surface area (TPSA) is 6.48 Å². The van der Waals surface area contributed by atoms with E-state index in [-0.39, 0.29) is 5.54 Å². The summed E-state index contributed by atoms with van der Waals surface area (Å²) in [6.07, 6.45) is 4.63. The van der Waals surface area contributed by atoms with Gasteiger partial charge in [0.25, 0.3) is 0 Å². The lowest BCUT2D eigenvalue weighted by molar-refractivity contribution is 0.0664. The van der Waals surface area contributed by atoms with Gasteiger partial charge in [0.15, 0.2) is 0 Å². The van der Waals surface area contributed by atoms with E-state index in [1.165, 1.54) is 36.0 Å². The second kappa shape index (κ2) is 10.0. The lowest BCUT2D eigenvalue weighted by Crippen LogP contribution is -2.52. The van der Waals surface area contributed by atoms with E-state index < -0.39 is 0 Å². The fourth-order valence-electron chi connectivity index (χ4n) is 6.45. The number of halogens is 2. The quantitative estimate of drug-likeness (QED) is 0.356. The highest BCUT2D eigenvalue weighted by Crippen LogP contribution is 2.53. The SMILES string of the molecule is CN(C)C12CCN(CCc3ccccc3)C([C@H](c3ccc(Cl)cc3)C1)[C@H](c1ccc(Cl)cc1)C2. The molecule has 1 saturated carbocycles. The molecular weight excluding hydrogens is 459 g/mol. The molecular formula is C30H34Cl2N2. The smallest absolute Gasteiger partial charge is 0.0406 e. The molecule has 0 amide bonds. The van der Waals surface area contributed by atoms with Crippen LogP contribution in [0.25, 0.3) is 0 Å². The second-order valence-electron chi connectivity index (χ2n) is 10.4. The van der Waals surface area contributed by atoms with Crippen LogP contribution in [0.15, 0.2) is 78.9 Å². The van der Waals surface area contributed by atoms with Crippen LogP contribution in [0.2, 0.25) is 10.0 Å². The average Bonchev–Trinajstić information content (AvgIpc) is 3.12. The summed E-state index contributed by atoms with van der Waals surface area (Å²) >= 11 is 12.6. The fourth-order valence-corrected chi connectivity index (χ4v) is 6.71. The monoisotopic (exact) mass is 492 g/mol. The molecule has 2 atom stereocenters. The van der Waals surface area contributed by atoms with Gasteiger partial charge in [-0.3, -0.25) is 4.90 Å². The summed E-state index contributed by atoms with van der Waals surface area (Å²) in [5.41, 5.74) is 4.40. The van der Waals surface area contributed by atoms with Crippen molar-refractivity contribution < 1.29 is 0 Å². The minimum atomic E-state index is 0.173. The normalized spacial score (nSPS) is 27.1. The number of hydrogen-bond donors (Lipinski definition) is 0. The van der Waals surface area contributed by atoms with E-state index in [1.54, 1.807) is 0 Å². The van der Waals surface area contributed by atoms with E-state index in [0.717, 1.165) is 29.6 Å². The zero-order valence-electron chi connectivity index (χ0n) is 20.1.